The minimum atomic E-state index is 0. The van der Waals surface area contributed by atoms with Gasteiger partial charge in [-0.1, -0.05) is 12.1 Å². The normalized spacial score (nSPS) is 22.9. The Morgan fingerprint density at radius 3 is 2.71 bits per heavy atom. The van der Waals surface area contributed by atoms with Crippen LogP contribution in [0.4, 0.5) is 5.13 Å². The SMILES string of the molecule is COc1ccc([C@H]2[C@H]3CNC[C@H]3CN2C(=O)CCc2csc(N)n2)cc1.Cl.Cl. The van der Waals surface area contributed by atoms with Crippen molar-refractivity contribution >= 4 is 47.2 Å². The number of nitrogen functional groups attached to an aromatic ring is 1. The zero-order valence-corrected chi connectivity index (χ0v) is 18.1. The number of hydrogen-bond donors (Lipinski definition) is 2. The number of thiazole rings is 1. The smallest absolute Gasteiger partial charge is 0.223 e. The zero-order chi connectivity index (χ0) is 18.1. The van der Waals surface area contributed by atoms with Gasteiger partial charge in [0.15, 0.2) is 5.13 Å². The average molecular weight is 445 g/mol. The molecule has 154 valence electrons. The molecule has 0 bridgehead atoms. The maximum atomic E-state index is 13.0. The third kappa shape index (κ3) is 4.54. The number of anilines is 1. The van der Waals surface area contributed by atoms with Gasteiger partial charge in [-0.05, 0) is 30.0 Å². The Morgan fingerprint density at radius 1 is 1.32 bits per heavy atom. The largest absolute Gasteiger partial charge is 0.497 e. The topological polar surface area (TPSA) is 80.5 Å². The van der Waals surface area contributed by atoms with Crippen molar-refractivity contribution in [3.63, 3.8) is 0 Å². The second-order valence-corrected chi connectivity index (χ2v) is 7.91. The molecule has 2 saturated heterocycles. The number of methoxy groups -OCH3 is 1. The first-order valence-corrected chi connectivity index (χ1v) is 9.87. The van der Waals surface area contributed by atoms with Gasteiger partial charge in [-0.15, -0.1) is 36.2 Å². The molecule has 1 aromatic heterocycles. The van der Waals surface area contributed by atoms with E-state index in [0.717, 1.165) is 31.1 Å². The summed E-state index contributed by atoms with van der Waals surface area (Å²) in [5.74, 6) is 2.04. The van der Waals surface area contributed by atoms with Crippen molar-refractivity contribution in [3.05, 3.63) is 40.9 Å². The highest BCUT2D eigenvalue weighted by Gasteiger charge is 2.46. The molecule has 4 rings (SSSR count). The number of fused-ring (bicyclic) bond motifs is 1. The van der Waals surface area contributed by atoms with E-state index in [0.29, 0.717) is 29.8 Å². The van der Waals surface area contributed by atoms with Crippen molar-refractivity contribution in [2.24, 2.45) is 11.8 Å². The maximum Gasteiger partial charge on any atom is 0.223 e. The van der Waals surface area contributed by atoms with Gasteiger partial charge < -0.3 is 20.7 Å². The van der Waals surface area contributed by atoms with E-state index in [1.54, 1.807) is 7.11 Å². The van der Waals surface area contributed by atoms with Gasteiger partial charge in [-0.3, -0.25) is 4.79 Å². The number of aromatic nitrogens is 1. The van der Waals surface area contributed by atoms with E-state index in [-0.39, 0.29) is 36.8 Å². The Kier molecular flexibility index (Phi) is 7.95. The quantitative estimate of drug-likeness (QED) is 0.740. The molecule has 0 radical (unpaired) electrons. The predicted octanol–water partition coefficient (Wildman–Crippen LogP) is 2.93. The van der Waals surface area contributed by atoms with Crippen LogP contribution in [0.3, 0.4) is 0 Å². The number of likely N-dealkylation sites (tertiary alicyclic amines) is 1. The van der Waals surface area contributed by atoms with Gasteiger partial charge in [0.05, 0.1) is 18.8 Å². The van der Waals surface area contributed by atoms with Gasteiger partial charge in [-0.25, -0.2) is 4.98 Å². The van der Waals surface area contributed by atoms with Crippen LogP contribution >= 0.6 is 36.2 Å². The first-order valence-electron chi connectivity index (χ1n) is 8.99. The van der Waals surface area contributed by atoms with Gasteiger partial charge in [0.1, 0.15) is 5.75 Å². The lowest BCUT2D eigenvalue weighted by atomic mass is 9.89. The molecule has 2 aliphatic heterocycles. The fourth-order valence-electron chi connectivity index (χ4n) is 4.22. The second-order valence-electron chi connectivity index (χ2n) is 7.02. The summed E-state index contributed by atoms with van der Waals surface area (Å²) in [5.41, 5.74) is 7.78. The van der Waals surface area contributed by atoms with Crippen molar-refractivity contribution in [1.82, 2.24) is 15.2 Å². The number of hydrogen-bond acceptors (Lipinski definition) is 6. The van der Waals surface area contributed by atoms with E-state index in [9.17, 15) is 4.79 Å². The van der Waals surface area contributed by atoms with Gasteiger partial charge in [0.25, 0.3) is 0 Å². The van der Waals surface area contributed by atoms with Crippen molar-refractivity contribution in [1.29, 1.82) is 0 Å². The molecule has 2 aliphatic rings. The predicted molar refractivity (Wildman–Crippen MR) is 117 cm³/mol. The standard InChI is InChI=1S/C19H24N4O2S.2ClH/c1-25-15-5-2-12(3-6-15)18-16-9-21-8-13(16)10-23(18)17(24)7-4-14-11-26-19(20)22-14;;/h2-3,5-6,11,13,16,18,21H,4,7-10H2,1H3,(H2,20,22);2*1H/t13-,16-,18-;;/m0../s1. The van der Waals surface area contributed by atoms with Crippen molar-refractivity contribution in [2.45, 2.75) is 18.9 Å². The lowest BCUT2D eigenvalue weighted by Gasteiger charge is -2.28. The molecule has 2 aromatic rings. The molecule has 0 unspecified atom stereocenters. The number of rotatable bonds is 5. The molecule has 3 N–H and O–H groups in total. The minimum absolute atomic E-state index is 0. The maximum absolute atomic E-state index is 13.0. The number of nitrogens with one attached hydrogen (secondary N) is 1. The molecule has 1 aromatic carbocycles. The van der Waals surface area contributed by atoms with Crippen LogP contribution < -0.4 is 15.8 Å². The van der Waals surface area contributed by atoms with Crippen molar-refractivity contribution in [3.8, 4) is 5.75 Å². The van der Waals surface area contributed by atoms with Crippen LogP contribution in [0, 0.1) is 11.8 Å². The second kappa shape index (κ2) is 9.78. The first kappa shape index (κ1) is 22.7. The molecule has 2 fully saturated rings. The van der Waals surface area contributed by atoms with E-state index in [2.05, 4.69) is 27.3 Å². The summed E-state index contributed by atoms with van der Waals surface area (Å²) in [6.07, 6.45) is 1.12. The monoisotopic (exact) mass is 444 g/mol. The Morgan fingerprint density at radius 2 is 2.07 bits per heavy atom. The van der Waals surface area contributed by atoms with E-state index in [1.165, 1.54) is 16.9 Å². The van der Waals surface area contributed by atoms with Crippen LogP contribution in [-0.4, -0.2) is 42.5 Å². The fourth-order valence-corrected chi connectivity index (χ4v) is 4.82. The van der Waals surface area contributed by atoms with Gasteiger partial charge >= 0.3 is 0 Å². The van der Waals surface area contributed by atoms with Gasteiger partial charge in [-0.2, -0.15) is 0 Å². The van der Waals surface area contributed by atoms with Crippen LogP contribution in [0.15, 0.2) is 29.6 Å². The molecule has 0 spiro atoms. The number of carbonyl (C=O) groups is 1. The van der Waals surface area contributed by atoms with E-state index < -0.39 is 0 Å². The summed E-state index contributed by atoms with van der Waals surface area (Å²) in [6, 6.07) is 8.27. The lowest BCUT2D eigenvalue weighted by Crippen LogP contribution is -2.34. The van der Waals surface area contributed by atoms with Crippen LogP contribution in [0.25, 0.3) is 0 Å². The molecular weight excluding hydrogens is 419 g/mol. The summed E-state index contributed by atoms with van der Waals surface area (Å²) in [5, 5.41) is 5.98. The van der Waals surface area contributed by atoms with Crippen LogP contribution in [0.1, 0.15) is 23.7 Å². The molecule has 3 atom stereocenters. The van der Waals surface area contributed by atoms with E-state index >= 15 is 0 Å². The molecule has 0 saturated carbocycles. The third-order valence-corrected chi connectivity index (χ3v) is 6.23. The molecule has 28 heavy (non-hydrogen) atoms. The molecule has 1 amide bonds. The van der Waals surface area contributed by atoms with Gasteiger partial charge in [0.2, 0.25) is 5.91 Å². The molecule has 9 heteroatoms. The Balaban J connectivity index is 0.00000140. The summed E-state index contributed by atoms with van der Waals surface area (Å²) < 4.78 is 5.27. The third-order valence-electron chi connectivity index (χ3n) is 5.51. The van der Waals surface area contributed by atoms with Crippen LogP contribution in [0.2, 0.25) is 0 Å². The van der Waals surface area contributed by atoms with Crippen LogP contribution in [-0.2, 0) is 11.2 Å². The zero-order valence-electron chi connectivity index (χ0n) is 15.7. The lowest BCUT2D eigenvalue weighted by molar-refractivity contribution is -0.132. The Labute approximate surface area is 181 Å². The molecule has 0 aliphatic carbocycles. The number of benzene rings is 1. The van der Waals surface area contributed by atoms with Crippen LogP contribution in [0.5, 0.6) is 5.75 Å². The van der Waals surface area contributed by atoms with E-state index in [1.807, 2.05) is 17.5 Å². The highest BCUT2D eigenvalue weighted by molar-refractivity contribution is 7.13. The minimum Gasteiger partial charge on any atom is -0.497 e. The van der Waals surface area contributed by atoms with E-state index in [4.69, 9.17) is 10.5 Å². The number of halogens is 2. The summed E-state index contributed by atoms with van der Waals surface area (Å²) in [6.45, 7) is 2.78. The van der Waals surface area contributed by atoms with Crippen molar-refractivity contribution in [2.75, 3.05) is 32.5 Å². The summed E-state index contributed by atoms with van der Waals surface area (Å²) in [4.78, 5) is 19.3. The number of aryl methyl sites for hydroxylation is 1. The molecular formula is C19H26Cl2N4O2S. The highest BCUT2D eigenvalue weighted by Crippen LogP contribution is 2.43. The molecule has 6 nitrogen and oxygen atoms in total. The van der Waals surface area contributed by atoms with Gasteiger partial charge in [0, 0.05) is 37.4 Å². The average Bonchev–Trinajstić information content (AvgIpc) is 3.35. The fraction of sp³-hybridized carbons (Fsp3) is 0.474. The molecule has 3 heterocycles. The first-order chi connectivity index (χ1) is 12.7. The number of carbonyl (C=O) groups excluding carboxylic acids is 1. The summed E-state index contributed by atoms with van der Waals surface area (Å²) >= 11 is 1.42. The number of ether oxygens (including phenoxy) is 1. The van der Waals surface area contributed by atoms with Crippen molar-refractivity contribution < 1.29 is 9.53 Å². The number of amides is 1. The summed E-state index contributed by atoms with van der Waals surface area (Å²) in [7, 11) is 1.67. The number of nitrogens with two attached hydrogens (primary N) is 1. The Bertz CT molecular complexity index is 786. The number of nitrogens with zero attached hydrogens (tertiary/aromatic N) is 2. The Hall–Kier alpha value is -1.54. The highest BCUT2D eigenvalue weighted by atomic mass is 35.5.